The number of rotatable bonds is 3. The Hall–Kier alpha value is -2.57. The molecule has 0 aromatic heterocycles. The van der Waals surface area contributed by atoms with Crippen molar-refractivity contribution >= 4 is 18.0 Å². The van der Waals surface area contributed by atoms with Gasteiger partial charge in [0.2, 0.25) is 5.91 Å². The molecular formula is C20H27N3O4. The van der Waals surface area contributed by atoms with Crippen molar-refractivity contribution < 1.29 is 19.1 Å². The van der Waals surface area contributed by atoms with Crippen LogP contribution in [0.5, 0.6) is 0 Å². The maximum Gasteiger partial charge on any atom is 0.407 e. The summed E-state index contributed by atoms with van der Waals surface area (Å²) in [7, 11) is 0. The summed E-state index contributed by atoms with van der Waals surface area (Å²) in [6.07, 6.45) is 1.19. The molecule has 2 saturated heterocycles. The number of nitrogens with zero attached hydrogens (tertiary/aromatic N) is 2. The molecule has 2 heterocycles. The Morgan fingerprint density at radius 2 is 1.93 bits per heavy atom. The molecule has 2 aliphatic heterocycles. The number of imide groups is 1. The normalized spacial score (nSPS) is 23.1. The third kappa shape index (κ3) is 4.59. The zero-order valence-corrected chi connectivity index (χ0v) is 16.1. The van der Waals surface area contributed by atoms with Crippen molar-refractivity contribution in [2.75, 3.05) is 6.54 Å². The summed E-state index contributed by atoms with van der Waals surface area (Å²) in [5, 5.41) is 2.85. The van der Waals surface area contributed by atoms with Crippen molar-refractivity contribution in [3.8, 4) is 0 Å². The molecule has 0 radical (unpaired) electrons. The summed E-state index contributed by atoms with van der Waals surface area (Å²) >= 11 is 0. The van der Waals surface area contributed by atoms with Gasteiger partial charge in [-0.05, 0) is 39.2 Å². The van der Waals surface area contributed by atoms with Gasteiger partial charge in [-0.25, -0.2) is 9.59 Å². The molecule has 7 heteroatoms. The number of benzene rings is 1. The van der Waals surface area contributed by atoms with Crippen LogP contribution in [0.2, 0.25) is 0 Å². The first kappa shape index (κ1) is 19.2. The van der Waals surface area contributed by atoms with Crippen LogP contribution in [0.25, 0.3) is 0 Å². The number of hydrogen-bond acceptors (Lipinski definition) is 4. The first-order valence-corrected chi connectivity index (χ1v) is 9.39. The lowest BCUT2D eigenvalue weighted by Gasteiger charge is -2.46. The van der Waals surface area contributed by atoms with Gasteiger partial charge in [0.15, 0.2) is 0 Å². The van der Waals surface area contributed by atoms with Gasteiger partial charge < -0.3 is 15.0 Å². The van der Waals surface area contributed by atoms with Gasteiger partial charge in [0.25, 0.3) is 0 Å². The highest BCUT2D eigenvalue weighted by molar-refractivity contribution is 5.97. The molecule has 0 bridgehead atoms. The van der Waals surface area contributed by atoms with E-state index in [4.69, 9.17) is 4.74 Å². The Morgan fingerprint density at radius 1 is 1.22 bits per heavy atom. The quantitative estimate of drug-likeness (QED) is 0.884. The summed E-state index contributed by atoms with van der Waals surface area (Å²) in [6, 6.07) is 8.59. The van der Waals surface area contributed by atoms with Gasteiger partial charge in [0, 0.05) is 13.0 Å². The van der Waals surface area contributed by atoms with E-state index in [9.17, 15) is 14.4 Å². The predicted molar refractivity (Wildman–Crippen MR) is 99.9 cm³/mol. The molecule has 3 rings (SSSR count). The SMILES string of the molecule is CC(C)(C)OC(=O)N[C@@H]1CCCN2C(=O)N(Cc3ccccc3)C(=O)C[C@H]12. The molecule has 1 aromatic carbocycles. The van der Waals surface area contributed by atoms with Crippen molar-refractivity contribution in [2.24, 2.45) is 0 Å². The summed E-state index contributed by atoms with van der Waals surface area (Å²) in [5.74, 6) is -0.206. The fraction of sp³-hybridized carbons (Fsp3) is 0.550. The summed E-state index contributed by atoms with van der Waals surface area (Å²) in [4.78, 5) is 40.7. The van der Waals surface area contributed by atoms with Crippen LogP contribution in [0.3, 0.4) is 0 Å². The molecule has 2 aliphatic rings. The van der Waals surface area contributed by atoms with E-state index in [0.717, 1.165) is 18.4 Å². The van der Waals surface area contributed by atoms with Crippen LogP contribution >= 0.6 is 0 Å². The van der Waals surface area contributed by atoms with Crippen molar-refractivity contribution in [3.05, 3.63) is 35.9 Å². The van der Waals surface area contributed by atoms with E-state index in [1.54, 1.807) is 25.7 Å². The van der Waals surface area contributed by atoms with Crippen LogP contribution < -0.4 is 5.32 Å². The van der Waals surface area contributed by atoms with Gasteiger partial charge in [0.1, 0.15) is 5.60 Å². The van der Waals surface area contributed by atoms with Crippen molar-refractivity contribution in [1.29, 1.82) is 0 Å². The highest BCUT2D eigenvalue weighted by atomic mass is 16.6. The molecule has 0 spiro atoms. The lowest BCUT2D eigenvalue weighted by molar-refractivity contribution is -0.134. The van der Waals surface area contributed by atoms with Crippen LogP contribution in [0, 0.1) is 0 Å². The number of urea groups is 1. The summed E-state index contributed by atoms with van der Waals surface area (Å²) < 4.78 is 5.33. The standard InChI is InChI=1S/C20H27N3O4/c1-20(2,3)27-18(25)21-15-10-7-11-22-16(15)12-17(24)23(19(22)26)13-14-8-5-4-6-9-14/h4-6,8-9,15-16H,7,10-13H2,1-3H3,(H,21,25)/t15-,16-/m1/s1. The van der Waals surface area contributed by atoms with Crippen LogP contribution in [0.4, 0.5) is 9.59 Å². The minimum atomic E-state index is -0.594. The largest absolute Gasteiger partial charge is 0.444 e. The minimum Gasteiger partial charge on any atom is -0.444 e. The summed E-state index contributed by atoms with van der Waals surface area (Å²) in [5.41, 5.74) is 0.321. The predicted octanol–water partition coefficient (Wildman–Crippen LogP) is 2.90. The topological polar surface area (TPSA) is 79.0 Å². The fourth-order valence-corrected chi connectivity index (χ4v) is 3.65. The molecule has 0 aliphatic carbocycles. The Kier molecular flexibility index (Phi) is 5.39. The van der Waals surface area contributed by atoms with Gasteiger partial charge in [-0.15, -0.1) is 0 Å². The van der Waals surface area contributed by atoms with Crippen LogP contribution in [-0.2, 0) is 16.1 Å². The van der Waals surface area contributed by atoms with Crippen LogP contribution in [0.1, 0.15) is 45.6 Å². The lowest BCUT2D eigenvalue weighted by atomic mass is 9.91. The highest BCUT2D eigenvalue weighted by Crippen LogP contribution is 2.28. The van der Waals surface area contributed by atoms with Gasteiger partial charge in [0.05, 0.1) is 18.6 Å². The van der Waals surface area contributed by atoms with Gasteiger partial charge in [-0.3, -0.25) is 9.69 Å². The van der Waals surface area contributed by atoms with E-state index in [1.807, 2.05) is 30.3 Å². The first-order valence-electron chi connectivity index (χ1n) is 9.39. The number of carbonyl (C=O) groups is 3. The maximum absolute atomic E-state index is 12.9. The van der Waals surface area contributed by atoms with Crippen LogP contribution in [0.15, 0.2) is 30.3 Å². The molecule has 4 amide bonds. The van der Waals surface area contributed by atoms with Gasteiger partial charge in [-0.1, -0.05) is 30.3 Å². The lowest BCUT2D eigenvalue weighted by Crippen LogP contribution is -2.65. The van der Waals surface area contributed by atoms with Crippen molar-refractivity contribution in [1.82, 2.24) is 15.1 Å². The number of carbonyl (C=O) groups excluding carboxylic acids is 3. The molecule has 0 unspecified atom stereocenters. The maximum atomic E-state index is 12.9. The smallest absolute Gasteiger partial charge is 0.407 e. The third-order valence-electron chi connectivity index (χ3n) is 4.83. The minimum absolute atomic E-state index is 0.206. The zero-order chi connectivity index (χ0) is 19.6. The van der Waals surface area contributed by atoms with E-state index in [0.29, 0.717) is 6.54 Å². The number of ether oxygens (including phenoxy) is 1. The van der Waals surface area contributed by atoms with E-state index in [1.165, 1.54) is 4.90 Å². The molecule has 0 saturated carbocycles. The molecule has 1 N–H and O–H groups in total. The van der Waals surface area contributed by atoms with Gasteiger partial charge >= 0.3 is 12.1 Å². The molecule has 27 heavy (non-hydrogen) atoms. The van der Waals surface area contributed by atoms with Gasteiger partial charge in [-0.2, -0.15) is 0 Å². The Labute approximate surface area is 159 Å². The van der Waals surface area contributed by atoms with E-state index < -0.39 is 11.7 Å². The Morgan fingerprint density at radius 3 is 2.59 bits per heavy atom. The second-order valence-corrected chi connectivity index (χ2v) is 8.11. The fourth-order valence-electron chi connectivity index (χ4n) is 3.65. The number of piperidine rings is 1. The monoisotopic (exact) mass is 373 g/mol. The molecule has 1 aromatic rings. The number of hydrogen-bond donors (Lipinski definition) is 1. The third-order valence-corrected chi connectivity index (χ3v) is 4.83. The van der Waals surface area contributed by atoms with E-state index >= 15 is 0 Å². The van der Waals surface area contributed by atoms with Crippen LogP contribution in [-0.4, -0.2) is 52.1 Å². The molecule has 7 nitrogen and oxygen atoms in total. The molecule has 2 fully saturated rings. The van der Waals surface area contributed by atoms with Crippen molar-refractivity contribution in [3.63, 3.8) is 0 Å². The average Bonchev–Trinajstić information content (AvgIpc) is 2.58. The second-order valence-electron chi connectivity index (χ2n) is 8.11. The zero-order valence-electron chi connectivity index (χ0n) is 16.1. The van der Waals surface area contributed by atoms with Crippen molar-refractivity contribution in [2.45, 2.75) is 64.3 Å². The number of amides is 4. The molecular weight excluding hydrogens is 346 g/mol. The number of alkyl carbamates (subject to hydrolysis) is 1. The van der Waals surface area contributed by atoms with E-state index in [-0.39, 0.29) is 37.0 Å². The molecule has 146 valence electrons. The molecule has 2 atom stereocenters. The highest BCUT2D eigenvalue weighted by Gasteiger charge is 2.44. The Balaban J connectivity index is 1.69. The van der Waals surface area contributed by atoms with E-state index in [2.05, 4.69) is 5.32 Å². The Bertz CT molecular complexity index is 714. The first-order chi connectivity index (χ1) is 12.7. The summed E-state index contributed by atoms with van der Waals surface area (Å²) in [6.45, 7) is 6.26. The number of nitrogens with one attached hydrogen (secondary N) is 1. The second kappa shape index (κ2) is 7.58. The number of fused-ring (bicyclic) bond motifs is 1. The average molecular weight is 373 g/mol.